The van der Waals surface area contributed by atoms with Gasteiger partial charge in [0.15, 0.2) is 0 Å². The minimum Gasteiger partial charge on any atom is -0.381 e. The first-order valence-corrected chi connectivity index (χ1v) is 8.67. The van der Waals surface area contributed by atoms with Gasteiger partial charge in [-0.05, 0) is 31.4 Å². The molecule has 1 aromatic heterocycles. The van der Waals surface area contributed by atoms with E-state index < -0.39 is 11.4 Å². The molecule has 0 saturated carbocycles. The average Bonchev–Trinajstić information content (AvgIpc) is 2.55. The summed E-state index contributed by atoms with van der Waals surface area (Å²) in [4.78, 5) is 31.3. The molecule has 128 valence electrons. The van der Waals surface area contributed by atoms with E-state index in [0.29, 0.717) is 26.1 Å². The Labute approximate surface area is 147 Å². The number of rotatable bonds is 4. The van der Waals surface area contributed by atoms with Crippen LogP contribution in [0.5, 0.6) is 0 Å². The van der Waals surface area contributed by atoms with Gasteiger partial charge in [-0.1, -0.05) is 34.1 Å². The standard InChI is InChI=1S/C16H19BrN4O3/c1-10(12-4-2-3-5-13(12)17)18-14-19-15(22)21(16(23)20-14)11-6-8-24-9-7-11/h2-5,10-11H,6-9H2,1H3,(H2,18,19,20,22,23). The van der Waals surface area contributed by atoms with Gasteiger partial charge in [-0.15, -0.1) is 0 Å². The van der Waals surface area contributed by atoms with Gasteiger partial charge in [0.2, 0.25) is 5.95 Å². The Bertz CT molecular complexity index is 795. The number of H-pyrrole nitrogens is 1. The molecule has 0 amide bonds. The lowest BCUT2D eigenvalue weighted by Gasteiger charge is -2.23. The van der Waals surface area contributed by atoms with E-state index in [0.717, 1.165) is 10.0 Å². The Morgan fingerprint density at radius 2 is 2.04 bits per heavy atom. The fraction of sp³-hybridized carbons (Fsp3) is 0.438. The molecule has 2 aromatic rings. The van der Waals surface area contributed by atoms with Crippen LogP contribution in [0.2, 0.25) is 0 Å². The van der Waals surface area contributed by atoms with Crippen molar-refractivity contribution in [1.82, 2.24) is 14.5 Å². The molecule has 8 heteroatoms. The molecule has 0 bridgehead atoms. The second-order valence-electron chi connectivity index (χ2n) is 5.77. The third-order valence-electron chi connectivity index (χ3n) is 4.14. The molecule has 1 saturated heterocycles. The molecule has 1 aliphatic heterocycles. The van der Waals surface area contributed by atoms with Gasteiger partial charge in [-0.25, -0.2) is 14.2 Å². The van der Waals surface area contributed by atoms with E-state index in [-0.39, 0.29) is 18.0 Å². The summed E-state index contributed by atoms with van der Waals surface area (Å²) in [5, 5.41) is 3.08. The average molecular weight is 395 g/mol. The van der Waals surface area contributed by atoms with Crippen molar-refractivity contribution in [2.45, 2.75) is 31.8 Å². The molecule has 0 radical (unpaired) electrons. The Balaban J connectivity index is 1.84. The Morgan fingerprint density at radius 1 is 1.33 bits per heavy atom. The van der Waals surface area contributed by atoms with Crippen molar-refractivity contribution >= 4 is 21.9 Å². The van der Waals surface area contributed by atoms with Gasteiger partial charge >= 0.3 is 11.4 Å². The molecule has 2 N–H and O–H groups in total. The molecular formula is C16H19BrN4O3. The largest absolute Gasteiger partial charge is 0.381 e. The van der Waals surface area contributed by atoms with E-state index in [9.17, 15) is 9.59 Å². The van der Waals surface area contributed by atoms with Gasteiger partial charge in [0.05, 0.1) is 6.04 Å². The molecule has 7 nitrogen and oxygen atoms in total. The molecular weight excluding hydrogens is 376 g/mol. The van der Waals surface area contributed by atoms with E-state index in [4.69, 9.17) is 4.74 Å². The number of ether oxygens (including phenoxy) is 1. The third kappa shape index (κ3) is 3.59. The Hall–Kier alpha value is -1.93. The molecule has 1 atom stereocenters. The SMILES string of the molecule is CC(Nc1nc(=O)n(C2CCOCC2)c(=O)[nH]1)c1ccccc1Br. The zero-order valence-electron chi connectivity index (χ0n) is 13.3. The van der Waals surface area contributed by atoms with E-state index in [1.807, 2.05) is 31.2 Å². The highest BCUT2D eigenvalue weighted by atomic mass is 79.9. The molecule has 1 aliphatic rings. The first-order valence-electron chi connectivity index (χ1n) is 7.88. The van der Waals surface area contributed by atoms with Crippen molar-refractivity contribution in [1.29, 1.82) is 0 Å². The number of aromatic amines is 1. The summed E-state index contributed by atoms with van der Waals surface area (Å²) in [6.07, 6.45) is 1.29. The molecule has 0 aliphatic carbocycles. The van der Waals surface area contributed by atoms with Gasteiger partial charge in [-0.2, -0.15) is 4.98 Å². The third-order valence-corrected chi connectivity index (χ3v) is 4.86. The second kappa shape index (κ2) is 7.31. The predicted molar refractivity (Wildman–Crippen MR) is 94.4 cm³/mol. The predicted octanol–water partition coefficient (Wildman–Crippen LogP) is 2.22. The van der Waals surface area contributed by atoms with E-state index in [1.165, 1.54) is 4.57 Å². The fourth-order valence-corrected chi connectivity index (χ4v) is 3.50. The van der Waals surface area contributed by atoms with Crippen LogP contribution in [0.25, 0.3) is 0 Å². The van der Waals surface area contributed by atoms with E-state index in [1.54, 1.807) is 0 Å². The summed E-state index contributed by atoms with van der Waals surface area (Å²) in [7, 11) is 0. The van der Waals surface area contributed by atoms with Crippen molar-refractivity contribution < 1.29 is 4.74 Å². The van der Waals surface area contributed by atoms with Crippen LogP contribution in [0.4, 0.5) is 5.95 Å². The van der Waals surface area contributed by atoms with Gasteiger partial charge in [0.25, 0.3) is 0 Å². The van der Waals surface area contributed by atoms with Crippen molar-refractivity contribution in [3.05, 3.63) is 55.3 Å². The first kappa shape index (κ1) is 16.9. The van der Waals surface area contributed by atoms with Crippen LogP contribution in [-0.4, -0.2) is 27.7 Å². The zero-order chi connectivity index (χ0) is 17.1. The topological polar surface area (TPSA) is 89.0 Å². The molecule has 24 heavy (non-hydrogen) atoms. The maximum absolute atomic E-state index is 12.3. The second-order valence-corrected chi connectivity index (χ2v) is 6.63. The molecule has 1 fully saturated rings. The molecule has 2 heterocycles. The minimum atomic E-state index is -0.535. The summed E-state index contributed by atoms with van der Waals surface area (Å²) in [5.41, 5.74) is 0.0324. The quantitative estimate of drug-likeness (QED) is 0.829. The number of anilines is 1. The van der Waals surface area contributed by atoms with Crippen molar-refractivity contribution in [2.75, 3.05) is 18.5 Å². The van der Waals surface area contributed by atoms with Crippen LogP contribution in [-0.2, 0) is 4.74 Å². The lowest BCUT2D eigenvalue weighted by atomic mass is 10.1. The highest BCUT2D eigenvalue weighted by Gasteiger charge is 2.20. The summed E-state index contributed by atoms with van der Waals surface area (Å²) in [6.45, 7) is 3.04. The van der Waals surface area contributed by atoms with Gasteiger partial charge < -0.3 is 10.1 Å². The summed E-state index contributed by atoms with van der Waals surface area (Å²) in [6, 6.07) is 7.47. The van der Waals surface area contributed by atoms with Crippen LogP contribution in [0, 0.1) is 0 Å². The van der Waals surface area contributed by atoms with E-state index in [2.05, 4.69) is 31.2 Å². The van der Waals surface area contributed by atoms with Crippen LogP contribution < -0.4 is 16.7 Å². The maximum atomic E-state index is 12.3. The van der Waals surface area contributed by atoms with Crippen LogP contribution in [0.3, 0.4) is 0 Å². The lowest BCUT2D eigenvalue weighted by Crippen LogP contribution is -2.42. The number of hydrogen-bond donors (Lipinski definition) is 2. The van der Waals surface area contributed by atoms with Gasteiger partial charge in [0.1, 0.15) is 0 Å². The van der Waals surface area contributed by atoms with Crippen LogP contribution in [0.15, 0.2) is 38.3 Å². The van der Waals surface area contributed by atoms with Crippen molar-refractivity contribution in [3.8, 4) is 0 Å². The summed E-state index contributed by atoms with van der Waals surface area (Å²) < 4.78 is 7.41. The Kier molecular flexibility index (Phi) is 5.15. The van der Waals surface area contributed by atoms with E-state index >= 15 is 0 Å². The molecule has 1 unspecified atom stereocenters. The summed E-state index contributed by atoms with van der Waals surface area (Å²) >= 11 is 3.49. The number of nitrogens with one attached hydrogen (secondary N) is 2. The van der Waals surface area contributed by atoms with Crippen LogP contribution in [0.1, 0.15) is 37.4 Å². The molecule has 0 spiro atoms. The van der Waals surface area contributed by atoms with Gasteiger partial charge in [0, 0.05) is 23.7 Å². The van der Waals surface area contributed by atoms with Crippen molar-refractivity contribution in [3.63, 3.8) is 0 Å². The lowest BCUT2D eigenvalue weighted by molar-refractivity contribution is 0.0670. The number of halogens is 1. The monoisotopic (exact) mass is 394 g/mol. The molecule has 3 rings (SSSR count). The number of hydrogen-bond acceptors (Lipinski definition) is 5. The first-order chi connectivity index (χ1) is 11.6. The fourth-order valence-electron chi connectivity index (χ4n) is 2.87. The maximum Gasteiger partial charge on any atom is 0.355 e. The van der Waals surface area contributed by atoms with Crippen molar-refractivity contribution in [2.24, 2.45) is 0 Å². The highest BCUT2D eigenvalue weighted by Crippen LogP contribution is 2.24. The highest BCUT2D eigenvalue weighted by molar-refractivity contribution is 9.10. The number of nitrogens with zero attached hydrogens (tertiary/aromatic N) is 2. The summed E-state index contributed by atoms with van der Waals surface area (Å²) in [5.74, 6) is 0.177. The van der Waals surface area contributed by atoms with Crippen LogP contribution >= 0.6 is 15.9 Å². The number of aromatic nitrogens is 3. The van der Waals surface area contributed by atoms with Gasteiger partial charge in [-0.3, -0.25) is 4.98 Å². The normalized spacial score (nSPS) is 16.8. The smallest absolute Gasteiger partial charge is 0.355 e. The Morgan fingerprint density at radius 3 is 2.71 bits per heavy atom. The minimum absolute atomic E-state index is 0.123. The zero-order valence-corrected chi connectivity index (χ0v) is 14.9. The molecule has 1 aromatic carbocycles. The number of benzene rings is 1.